The van der Waals surface area contributed by atoms with Gasteiger partial charge < -0.3 is 9.84 Å². The Morgan fingerprint density at radius 2 is 2.06 bits per heavy atom. The van der Waals surface area contributed by atoms with Crippen LogP contribution in [-0.2, 0) is 15.1 Å². The second kappa shape index (κ2) is 5.82. The second-order valence-electron chi connectivity index (χ2n) is 4.39. The van der Waals surface area contributed by atoms with Crippen molar-refractivity contribution in [2.45, 2.75) is 39.2 Å². The molecule has 0 aromatic heterocycles. The SMILES string of the molecule is CCOC(=O)CCC(C)(O)c1ccccc1C. The summed E-state index contributed by atoms with van der Waals surface area (Å²) in [4.78, 5) is 11.3. The average Bonchev–Trinajstić information content (AvgIpc) is 2.27. The van der Waals surface area contributed by atoms with Crippen LogP contribution in [0.5, 0.6) is 0 Å². The van der Waals surface area contributed by atoms with Gasteiger partial charge in [-0.25, -0.2) is 0 Å². The quantitative estimate of drug-likeness (QED) is 0.799. The molecule has 1 aromatic rings. The summed E-state index contributed by atoms with van der Waals surface area (Å²) in [5.41, 5.74) is 0.906. The fourth-order valence-corrected chi connectivity index (χ4v) is 1.89. The van der Waals surface area contributed by atoms with Gasteiger partial charge in [0, 0.05) is 6.42 Å². The van der Waals surface area contributed by atoms with E-state index in [-0.39, 0.29) is 12.4 Å². The van der Waals surface area contributed by atoms with Crippen LogP contribution in [0.2, 0.25) is 0 Å². The lowest BCUT2D eigenvalue weighted by Crippen LogP contribution is -2.24. The molecule has 17 heavy (non-hydrogen) atoms. The molecular formula is C14H20O3. The summed E-state index contributed by atoms with van der Waals surface area (Å²) in [6.07, 6.45) is 0.603. The molecular weight excluding hydrogens is 216 g/mol. The van der Waals surface area contributed by atoms with E-state index in [9.17, 15) is 9.90 Å². The van der Waals surface area contributed by atoms with E-state index in [2.05, 4.69) is 0 Å². The standard InChI is InChI=1S/C14H20O3/c1-4-17-13(15)9-10-14(3,16)12-8-6-5-7-11(12)2/h5-8,16H,4,9-10H2,1-3H3. The summed E-state index contributed by atoms with van der Waals surface area (Å²) < 4.78 is 4.85. The van der Waals surface area contributed by atoms with Crippen molar-refractivity contribution >= 4 is 5.97 Å². The monoisotopic (exact) mass is 236 g/mol. The van der Waals surface area contributed by atoms with E-state index in [1.807, 2.05) is 31.2 Å². The zero-order valence-electron chi connectivity index (χ0n) is 10.7. The number of carbonyl (C=O) groups is 1. The lowest BCUT2D eigenvalue weighted by atomic mass is 9.88. The number of aryl methyl sites for hydroxylation is 1. The molecule has 0 fully saturated rings. The molecule has 3 heteroatoms. The van der Waals surface area contributed by atoms with Crippen LogP contribution >= 0.6 is 0 Å². The van der Waals surface area contributed by atoms with E-state index >= 15 is 0 Å². The zero-order valence-corrected chi connectivity index (χ0v) is 10.7. The first kappa shape index (κ1) is 13.7. The Morgan fingerprint density at radius 1 is 1.41 bits per heavy atom. The van der Waals surface area contributed by atoms with Gasteiger partial charge in [0.1, 0.15) is 0 Å². The van der Waals surface area contributed by atoms with Gasteiger partial charge in [-0.15, -0.1) is 0 Å². The largest absolute Gasteiger partial charge is 0.466 e. The molecule has 1 N–H and O–H groups in total. The van der Waals surface area contributed by atoms with Crippen LogP contribution in [-0.4, -0.2) is 17.7 Å². The van der Waals surface area contributed by atoms with Gasteiger partial charge in [0.05, 0.1) is 12.2 Å². The molecule has 1 atom stereocenters. The Bertz CT molecular complexity index is 383. The maximum atomic E-state index is 11.3. The van der Waals surface area contributed by atoms with Crippen molar-refractivity contribution in [2.24, 2.45) is 0 Å². The second-order valence-corrected chi connectivity index (χ2v) is 4.39. The third-order valence-electron chi connectivity index (χ3n) is 2.85. The van der Waals surface area contributed by atoms with Crippen LogP contribution in [0.1, 0.15) is 37.8 Å². The van der Waals surface area contributed by atoms with Gasteiger partial charge in [0.2, 0.25) is 0 Å². The molecule has 0 bridgehead atoms. The molecule has 0 spiro atoms. The summed E-state index contributed by atoms with van der Waals surface area (Å²) in [6.45, 7) is 5.84. The van der Waals surface area contributed by atoms with Gasteiger partial charge in [-0.3, -0.25) is 4.79 Å². The third-order valence-corrected chi connectivity index (χ3v) is 2.85. The minimum absolute atomic E-state index is 0.231. The van der Waals surface area contributed by atoms with Crippen molar-refractivity contribution < 1.29 is 14.6 Å². The molecule has 0 amide bonds. The molecule has 0 aliphatic carbocycles. The van der Waals surface area contributed by atoms with Crippen molar-refractivity contribution in [3.8, 4) is 0 Å². The van der Waals surface area contributed by atoms with E-state index in [0.717, 1.165) is 11.1 Å². The normalized spacial score (nSPS) is 14.1. The van der Waals surface area contributed by atoms with Crippen LogP contribution in [0.4, 0.5) is 0 Å². The molecule has 94 valence electrons. The molecule has 3 nitrogen and oxygen atoms in total. The molecule has 0 saturated carbocycles. The summed E-state index contributed by atoms with van der Waals surface area (Å²) in [7, 11) is 0. The van der Waals surface area contributed by atoms with Crippen LogP contribution in [0.15, 0.2) is 24.3 Å². The van der Waals surface area contributed by atoms with E-state index in [4.69, 9.17) is 4.74 Å². The zero-order chi connectivity index (χ0) is 12.9. The number of esters is 1. The smallest absolute Gasteiger partial charge is 0.305 e. The summed E-state index contributed by atoms with van der Waals surface area (Å²) in [5.74, 6) is -0.263. The predicted octanol–water partition coefficient (Wildman–Crippen LogP) is 2.55. The third kappa shape index (κ3) is 3.86. The van der Waals surface area contributed by atoms with E-state index in [1.165, 1.54) is 0 Å². The van der Waals surface area contributed by atoms with E-state index < -0.39 is 5.60 Å². The number of aliphatic hydroxyl groups is 1. The van der Waals surface area contributed by atoms with E-state index in [0.29, 0.717) is 13.0 Å². The number of rotatable bonds is 5. The van der Waals surface area contributed by atoms with Crippen molar-refractivity contribution in [1.82, 2.24) is 0 Å². The molecule has 0 heterocycles. The highest BCUT2D eigenvalue weighted by atomic mass is 16.5. The maximum Gasteiger partial charge on any atom is 0.305 e. The first-order chi connectivity index (χ1) is 7.97. The van der Waals surface area contributed by atoms with Crippen LogP contribution in [0.3, 0.4) is 0 Å². The highest BCUT2D eigenvalue weighted by molar-refractivity contribution is 5.69. The van der Waals surface area contributed by atoms with Crippen LogP contribution in [0.25, 0.3) is 0 Å². The molecule has 1 rings (SSSR count). The predicted molar refractivity (Wildman–Crippen MR) is 66.6 cm³/mol. The first-order valence-electron chi connectivity index (χ1n) is 5.91. The van der Waals surface area contributed by atoms with Crippen molar-refractivity contribution in [3.63, 3.8) is 0 Å². The number of carbonyl (C=O) groups excluding carboxylic acids is 1. The molecule has 1 aromatic carbocycles. The van der Waals surface area contributed by atoms with Crippen molar-refractivity contribution in [1.29, 1.82) is 0 Å². The Morgan fingerprint density at radius 3 is 2.65 bits per heavy atom. The summed E-state index contributed by atoms with van der Waals surface area (Å²) in [6, 6.07) is 7.66. The minimum atomic E-state index is -0.988. The number of benzene rings is 1. The summed E-state index contributed by atoms with van der Waals surface area (Å²) in [5, 5.41) is 10.4. The van der Waals surface area contributed by atoms with Gasteiger partial charge >= 0.3 is 5.97 Å². The first-order valence-corrected chi connectivity index (χ1v) is 5.91. The van der Waals surface area contributed by atoms with Gasteiger partial charge in [-0.1, -0.05) is 24.3 Å². The minimum Gasteiger partial charge on any atom is -0.466 e. The van der Waals surface area contributed by atoms with Gasteiger partial charge in [0.25, 0.3) is 0 Å². The highest BCUT2D eigenvalue weighted by Crippen LogP contribution is 2.28. The Labute approximate surface area is 102 Å². The summed E-state index contributed by atoms with van der Waals surface area (Å²) >= 11 is 0. The van der Waals surface area contributed by atoms with Crippen molar-refractivity contribution in [2.75, 3.05) is 6.61 Å². The number of hydrogen-bond donors (Lipinski definition) is 1. The number of ether oxygens (including phenoxy) is 1. The Hall–Kier alpha value is -1.35. The molecule has 1 unspecified atom stereocenters. The van der Waals surface area contributed by atoms with E-state index in [1.54, 1.807) is 13.8 Å². The lowest BCUT2D eigenvalue weighted by Gasteiger charge is -2.25. The van der Waals surface area contributed by atoms with Crippen LogP contribution in [0, 0.1) is 6.92 Å². The maximum absolute atomic E-state index is 11.3. The van der Waals surface area contributed by atoms with Crippen molar-refractivity contribution in [3.05, 3.63) is 35.4 Å². The molecule has 0 aliphatic heterocycles. The fourth-order valence-electron chi connectivity index (χ4n) is 1.89. The molecule has 0 radical (unpaired) electrons. The average molecular weight is 236 g/mol. The lowest BCUT2D eigenvalue weighted by molar-refractivity contribution is -0.144. The Balaban J connectivity index is 2.69. The van der Waals surface area contributed by atoms with Gasteiger partial charge in [-0.05, 0) is 38.3 Å². The molecule has 0 saturated heterocycles. The molecule has 0 aliphatic rings. The number of hydrogen-bond acceptors (Lipinski definition) is 3. The van der Waals surface area contributed by atoms with Crippen LogP contribution < -0.4 is 0 Å². The van der Waals surface area contributed by atoms with Gasteiger partial charge in [-0.2, -0.15) is 0 Å². The Kier molecular flexibility index (Phi) is 4.70. The topological polar surface area (TPSA) is 46.5 Å². The van der Waals surface area contributed by atoms with Gasteiger partial charge in [0.15, 0.2) is 0 Å². The highest BCUT2D eigenvalue weighted by Gasteiger charge is 2.25. The fraction of sp³-hybridized carbons (Fsp3) is 0.500.